The van der Waals surface area contributed by atoms with Crippen LogP contribution in [0.3, 0.4) is 0 Å². The number of nitrogens with one attached hydrogen (secondary N) is 1. The first-order chi connectivity index (χ1) is 11.4. The highest BCUT2D eigenvalue weighted by molar-refractivity contribution is 7.87. The molecule has 1 aromatic carbocycles. The maximum atomic E-state index is 14.0. The molecule has 2 N–H and O–H groups in total. The van der Waals surface area contributed by atoms with E-state index in [1.165, 1.54) is 23.5 Å². The van der Waals surface area contributed by atoms with Gasteiger partial charge in [0.05, 0.1) is 19.3 Å². The second kappa shape index (κ2) is 6.95. The Bertz CT molecular complexity index is 685. The minimum absolute atomic E-state index is 0.0508. The topological polar surface area (TPSA) is 78.9 Å². The third kappa shape index (κ3) is 3.56. The Morgan fingerprint density at radius 2 is 2.00 bits per heavy atom. The molecule has 0 radical (unpaired) electrons. The molecule has 134 valence electrons. The molecule has 0 bridgehead atoms. The van der Waals surface area contributed by atoms with Gasteiger partial charge < -0.3 is 9.84 Å². The van der Waals surface area contributed by atoms with Crippen LogP contribution in [0.25, 0.3) is 0 Å². The number of methoxy groups -OCH3 is 1. The van der Waals surface area contributed by atoms with Gasteiger partial charge in [0.2, 0.25) is 0 Å². The smallest absolute Gasteiger partial charge is 0.280 e. The summed E-state index contributed by atoms with van der Waals surface area (Å²) in [5.41, 5.74) is 0.549. The lowest BCUT2D eigenvalue weighted by molar-refractivity contribution is 0.0277. The van der Waals surface area contributed by atoms with Gasteiger partial charge in [0.25, 0.3) is 10.2 Å². The molecule has 1 saturated carbocycles. The van der Waals surface area contributed by atoms with Crippen LogP contribution < -0.4 is 9.46 Å². The lowest BCUT2D eigenvalue weighted by Crippen LogP contribution is -2.46. The molecule has 1 aliphatic heterocycles. The highest BCUT2D eigenvalue weighted by Crippen LogP contribution is 2.39. The zero-order valence-corrected chi connectivity index (χ0v) is 14.4. The minimum atomic E-state index is -3.63. The van der Waals surface area contributed by atoms with Crippen LogP contribution in [0.1, 0.15) is 37.3 Å². The average Bonchev–Trinajstić information content (AvgIpc) is 3.05. The quantitative estimate of drug-likeness (QED) is 0.809. The third-order valence-electron chi connectivity index (χ3n) is 4.84. The monoisotopic (exact) mass is 358 g/mol. The molecule has 3 rings (SSSR count). The molecule has 8 heteroatoms. The molecular weight excluding hydrogens is 335 g/mol. The van der Waals surface area contributed by atoms with Gasteiger partial charge in [-0.05, 0) is 49.3 Å². The van der Waals surface area contributed by atoms with Crippen molar-refractivity contribution < 1.29 is 22.7 Å². The van der Waals surface area contributed by atoms with Crippen LogP contribution in [0.15, 0.2) is 18.2 Å². The predicted molar refractivity (Wildman–Crippen MR) is 87.3 cm³/mol. The Morgan fingerprint density at radius 3 is 2.54 bits per heavy atom. The van der Waals surface area contributed by atoms with E-state index in [1.54, 1.807) is 6.07 Å². The maximum Gasteiger partial charge on any atom is 0.280 e. The van der Waals surface area contributed by atoms with E-state index >= 15 is 0 Å². The lowest BCUT2D eigenvalue weighted by atomic mass is 9.75. The van der Waals surface area contributed by atoms with E-state index in [4.69, 9.17) is 4.74 Å². The van der Waals surface area contributed by atoms with Crippen molar-refractivity contribution in [3.8, 4) is 5.75 Å². The van der Waals surface area contributed by atoms with Crippen LogP contribution >= 0.6 is 0 Å². The summed E-state index contributed by atoms with van der Waals surface area (Å²) in [4.78, 5) is 0. The summed E-state index contributed by atoms with van der Waals surface area (Å²) in [5, 5.41) is 9.58. The van der Waals surface area contributed by atoms with Gasteiger partial charge in [0.1, 0.15) is 0 Å². The molecule has 0 amide bonds. The molecule has 1 aromatic rings. The predicted octanol–water partition coefficient (Wildman–Crippen LogP) is 1.58. The molecule has 0 aromatic heterocycles. The fraction of sp³-hybridized carbons (Fsp3) is 0.625. The van der Waals surface area contributed by atoms with Crippen LogP contribution in [0.4, 0.5) is 4.39 Å². The molecule has 1 heterocycles. The van der Waals surface area contributed by atoms with Crippen molar-refractivity contribution in [2.45, 2.75) is 37.8 Å². The standard InChI is InChI=1S/C16H23FN2O4S/c1-23-15-5-4-11(10-14(15)17)16(12-8-13(20)9-12)18-24(21,22)19-6-2-3-7-19/h4-5,10,12-13,16,18,20H,2-3,6-9H2,1H3/t12?,13?,16-/m1/s1. The molecular formula is C16H23FN2O4S. The zero-order chi connectivity index (χ0) is 17.3. The molecule has 1 aliphatic carbocycles. The van der Waals surface area contributed by atoms with Gasteiger partial charge in [0.15, 0.2) is 11.6 Å². The van der Waals surface area contributed by atoms with Crippen LogP contribution in [-0.4, -0.2) is 44.1 Å². The van der Waals surface area contributed by atoms with Crippen LogP contribution in [0, 0.1) is 11.7 Å². The van der Waals surface area contributed by atoms with Gasteiger partial charge in [-0.25, -0.2) is 4.39 Å². The van der Waals surface area contributed by atoms with E-state index in [0.717, 1.165) is 12.8 Å². The Labute approximate surface area is 141 Å². The number of nitrogens with zero attached hydrogens (tertiary/aromatic N) is 1. The Hall–Kier alpha value is -1.22. The first-order valence-corrected chi connectivity index (χ1v) is 9.63. The van der Waals surface area contributed by atoms with Crippen molar-refractivity contribution in [3.05, 3.63) is 29.6 Å². The van der Waals surface area contributed by atoms with E-state index in [9.17, 15) is 17.9 Å². The van der Waals surface area contributed by atoms with E-state index in [-0.39, 0.29) is 11.7 Å². The fourth-order valence-corrected chi connectivity index (χ4v) is 4.92. The average molecular weight is 358 g/mol. The molecule has 0 spiro atoms. The Balaban J connectivity index is 1.85. The number of halogens is 1. The fourth-order valence-electron chi connectivity index (χ4n) is 3.38. The molecule has 2 aliphatic rings. The molecule has 0 unspecified atom stereocenters. The van der Waals surface area contributed by atoms with E-state index < -0.39 is 28.2 Å². The second-order valence-corrected chi connectivity index (χ2v) is 8.19. The second-order valence-electron chi connectivity index (χ2n) is 6.49. The number of ether oxygens (including phenoxy) is 1. The number of hydrogen-bond acceptors (Lipinski definition) is 4. The summed E-state index contributed by atoms with van der Waals surface area (Å²) in [6, 6.07) is 3.92. The van der Waals surface area contributed by atoms with E-state index in [1.807, 2.05) is 0 Å². The van der Waals surface area contributed by atoms with Crippen molar-refractivity contribution in [2.24, 2.45) is 5.92 Å². The summed E-state index contributed by atoms with van der Waals surface area (Å²) >= 11 is 0. The highest BCUT2D eigenvalue weighted by Gasteiger charge is 2.38. The van der Waals surface area contributed by atoms with Crippen LogP contribution in [-0.2, 0) is 10.2 Å². The van der Waals surface area contributed by atoms with Crippen molar-refractivity contribution in [3.63, 3.8) is 0 Å². The zero-order valence-electron chi connectivity index (χ0n) is 13.6. The molecule has 6 nitrogen and oxygen atoms in total. The van der Waals surface area contributed by atoms with Crippen molar-refractivity contribution in [1.29, 1.82) is 0 Å². The normalized spacial score (nSPS) is 26.1. The number of benzene rings is 1. The molecule has 24 heavy (non-hydrogen) atoms. The molecule has 1 atom stereocenters. The van der Waals surface area contributed by atoms with Crippen molar-refractivity contribution in [1.82, 2.24) is 9.03 Å². The van der Waals surface area contributed by atoms with Gasteiger partial charge >= 0.3 is 0 Å². The van der Waals surface area contributed by atoms with Gasteiger partial charge in [-0.15, -0.1) is 0 Å². The lowest BCUT2D eigenvalue weighted by Gasteiger charge is -2.38. The van der Waals surface area contributed by atoms with E-state index in [0.29, 0.717) is 31.5 Å². The van der Waals surface area contributed by atoms with Crippen molar-refractivity contribution >= 4 is 10.2 Å². The van der Waals surface area contributed by atoms with Crippen LogP contribution in [0.2, 0.25) is 0 Å². The van der Waals surface area contributed by atoms with Crippen LogP contribution in [0.5, 0.6) is 5.75 Å². The summed E-state index contributed by atoms with van der Waals surface area (Å²) in [5.74, 6) is -0.459. The maximum absolute atomic E-state index is 14.0. The first-order valence-electron chi connectivity index (χ1n) is 8.19. The van der Waals surface area contributed by atoms with E-state index in [2.05, 4.69) is 4.72 Å². The van der Waals surface area contributed by atoms with Gasteiger partial charge in [-0.2, -0.15) is 17.4 Å². The summed E-state index contributed by atoms with van der Waals surface area (Å²) in [6.45, 7) is 1.01. The first kappa shape index (κ1) is 17.6. The van der Waals surface area contributed by atoms with Gasteiger partial charge in [-0.1, -0.05) is 6.07 Å². The Kier molecular flexibility index (Phi) is 5.10. The third-order valence-corrected chi connectivity index (χ3v) is 6.43. The number of aliphatic hydroxyl groups excluding tert-OH is 1. The summed E-state index contributed by atoms with van der Waals surface area (Å²) < 4.78 is 48.3. The number of rotatable bonds is 6. The summed E-state index contributed by atoms with van der Waals surface area (Å²) in [7, 11) is -2.24. The Morgan fingerprint density at radius 1 is 1.33 bits per heavy atom. The van der Waals surface area contributed by atoms with Crippen molar-refractivity contribution in [2.75, 3.05) is 20.2 Å². The largest absolute Gasteiger partial charge is 0.494 e. The van der Waals surface area contributed by atoms with Gasteiger partial charge in [0, 0.05) is 13.1 Å². The molecule has 2 fully saturated rings. The molecule has 1 saturated heterocycles. The number of aliphatic hydroxyl groups is 1. The SMILES string of the molecule is COc1ccc([C@@H](NS(=O)(=O)N2CCCC2)C2CC(O)C2)cc1F. The van der Waals surface area contributed by atoms with Gasteiger partial charge in [-0.3, -0.25) is 0 Å². The number of hydrogen-bond donors (Lipinski definition) is 2. The summed E-state index contributed by atoms with van der Waals surface area (Å²) in [6.07, 6.45) is 2.29. The minimum Gasteiger partial charge on any atom is -0.494 e. The highest BCUT2D eigenvalue weighted by atomic mass is 32.2.